The molecule has 0 bridgehead atoms. The van der Waals surface area contributed by atoms with Gasteiger partial charge in [-0.3, -0.25) is 9.48 Å². The Morgan fingerprint density at radius 3 is 2.63 bits per heavy atom. The number of rotatable bonds is 6. The van der Waals surface area contributed by atoms with E-state index >= 15 is 0 Å². The average molecular weight is 423 g/mol. The van der Waals surface area contributed by atoms with Crippen molar-refractivity contribution in [2.24, 2.45) is 0 Å². The Bertz CT molecular complexity index is 1190. The smallest absolute Gasteiger partial charge is 0.251 e. The second kappa shape index (κ2) is 8.32. The van der Waals surface area contributed by atoms with Crippen LogP contribution in [0.2, 0.25) is 5.02 Å². The van der Waals surface area contributed by atoms with Gasteiger partial charge in [-0.15, -0.1) is 0 Å². The summed E-state index contributed by atoms with van der Waals surface area (Å²) >= 11 is 5.93. The van der Waals surface area contributed by atoms with Crippen LogP contribution < -0.4 is 5.32 Å². The maximum Gasteiger partial charge on any atom is 0.251 e. The zero-order valence-corrected chi connectivity index (χ0v) is 17.9. The van der Waals surface area contributed by atoms with Crippen molar-refractivity contribution in [3.63, 3.8) is 0 Å². The highest BCUT2D eigenvalue weighted by Crippen LogP contribution is 2.20. The minimum atomic E-state index is -0.145. The minimum absolute atomic E-state index is 0.0658. The van der Waals surface area contributed by atoms with Crippen molar-refractivity contribution >= 4 is 28.6 Å². The summed E-state index contributed by atoms with van der Waals surface area (Å²) in [6.07, 6.45) is 0.563. The molecule has 0 aliphatic heterocycles. The molecule has 2 aromatic carbocycles. The number of nitrogens with zero attached hydrogens (tertiary/aromatic N) is 3. The lowest BCUT2D eigenvalue weighted by Gasteiger charge is -2.15. The van der Waals surface area contributed by atoms with Crippen LogP contribution in [0, 0.1) is 13.8 Å². The Kier molecular flexibility index (Phi) is 5.59. The largest absolute Gasteiger partial charge is 0.440 e. The highest BCUT2D eigenvalue weighted by Gasteiger charge is 2.14. The monoisotopic (exact) mass is 422 g/mol. The molecule has 1 N–H and O–H groups in total. The third kappa shape index (κ3) is 4.54. The lowest BCUT2D eigenvalue weighted by Crippen LogP contribution is -2.36. The van der Waals surface area contributed by atoms with E-state index in [9.17, 15) is 4.79 Å². The number of aryl methyl sites for hydroxylation is 2. The summed E-state index contributed by atoms with van der Waals surface area (Å²) in [4.78, 5) is 17.2. The van der Waals surface area contributed by atoms with E-state index in [2.05, 4.69) is 15.4 Å². The molecule has 0 aliphatic carbocycles. The van der Waals surface area contributed by atoms with E-state index in [1.807, 2.05) is 55.8 Å². The molecule has 0 saturated carbocycles. The molecular weight excluding hydrogens is 400 g/mol. The molecule has 154 valence electrons. The molecule has 4 rings (SSSR count). The fourth-order valence-corrected chi connectivity index (χ4v) is 3.57. The number of nitrogens with one attached hydrogen (secondary N) is 1. The van der Waals surface area contributed by atoms with Gasteiger partial charge in [0.1, 0.15) is 5.52 Å². The number of aromatic nitrogens is 3. The van der Waals surface area contributed by atoms with Crippen LogP contribution in [0.3, 0.4) is 0 Å². The van der Waals surface area contributed by atoms with E-state index in [4.69, 9.17) is 16.0 Å². The van der Waals surface area contributed by atoms with E-state index < -0.39 is 0 Å². The van der Waals surface area contributed by atoms with Crippen molar-refractivity contribution in [2.45, 2.75) is 39.8 Å². The second-order valence-corrected chi connectivity index (χ2v) is 8.01. The van der Waals surface area contributed by atoms with Gasteiger partial charge >= 0.3 is 0 Å². The third-order valence-corrected chi connectivity index (χ3v) is 5.14. The molecule has 0 radical (unpaired) electrons. The first-order valence-electron chi connectivity index (χ1n) is 9.83. The Morgan fingerprint density at radius 1 is 1.17 bits per heavy atom. The maximum atomic E-state index is 12.7. The summed E-state index contributed by atoms with van der Waals surface area (Å²) in [5, 5.41) is 8.17. The molecule has 0 fully saturated rings. The van der Waals surface area contributed by atoms with Gasteiger partial charge in [-0.25, -0.2) is 4.98 Å². The Labute approximate surface area is 179 Å². The number of benzene rings is 2. The van der Waals surface area contributed by atoms with Gasteiger partial charge in [0, 0.05) is 28.7 Å². The molecule has 1 atom stereocenters. The van der Waals surface area contributed by atoms with Gasteiger partial charge in [0.15, 0.2) is 11.5 Å². The molecule has 2 heterocycles. The van der Waals surface area contributed by atoms with E-state index in [1.54, 1.807) is 18.2 Å². The van der Waals surface area contributed by atoms with Gasteiger partial charge in [0.2, 0.25) is 0 Å². The number of oxazole rings is 1. The van der Waals surface area contributed by atoms with Crippen LogP contribution in [-0.4, -0.2) is 26.7 Å². The Balaban J connectivity index is 1.45. The van der Waals surface area contributed by atoms with E-state index in [0.29, 0.717) is 40.5 Å². The van der Waals surface area contributed by atoms with Crippen LogP contribution in [0.5, 0.6) is 0 Å². The highest BCUT2D eigenvalue weighted by atomic mass is 35.5. The van der Waals surface area contributed by atoms with Gasteiger partial charge in [-0.1, -0.05) is 23.7 Å². The van der Waals surface area contributed by atoms with Crippen molar-refractivity contribution in [2.75, 3.05) is 0 Å². The number of halogens is 1. The zero-order chi connectivity index (χ0) is 21.3. The van der Waals surface area contributed by atoms with Crippen LogP contribution in [0.15, 0.2) is 52.9 Å². The fourth-order valence-electron chi connectivity index (χ4n) is 3.44. The van der Waals surface area contributed by atoms with Gasteiger partial charge in [-0.2, -0.15) is 5.10 Å². The quantitative estimate of drug-likeness (QED) is 0.488. The molecule has 1 amide bonds. The topological polar surface area (TPSA) is 73.0 Å². The van der Waals surface area contributed by atoms with Crippen LogP contribution in [-0.2, 0) is 13.0 Å². The van der Waals surface area contributed by atoms with Crippen molar-refractivity contribution in [1.29, 1.82) is 0 Å². The SMILES string of the molecule is Cc1cc(C)n(C[C@H](C)NC(=O)c2ccc3oc(Cc4ccc(Cl)cc4)nc3c2)n1. The Morgan fingerprint density at radius 2 is 1.93 bits per heavy atom. The average Bonchev–Trinajstić information content (AvgIpc) is 3.24. The summed E-state index contributed by atoms with van der Waals surface area (Å²) in [5.41, 5.74) is 4.97. The molecule has 0 saturated heterocycles. The predicted molar refractivity (Wildman–Crippen MR) is 117 cm³/mol. The predicted octanol–water partition coefficient (Wildman–Crippen LogP) is 4.70. The first-order chi connectivity index (χ1) is 14.4. The zero-order valence-electron chi connectivity index (χ0n) is 17.1. The van der Waals surface area contributed by atoms with Gasteiger partial charge in [0.05, 0.1) is 12.2 Å². The summed E-state index contributed by atoms with van der Waals surface area (Å²) in [6, 6.07) is 14.8. The molecule has 4 aromatic rings. The number of amides is 1. The maximum absolute atomic E-state index is 12.7. The highest BCUT2D eigenvalue weighted by molar-refractivity contribution is 6.30. The number of hydrogen-bond acceptors (Lipinski definition) is 4. The number of carbonyl (C=O) groups excluding carboxylic acids is 1. The van der Waals surface area contributed by atoms with Crippen molar-refractivity contribution in [3.05, 3.63) is 82.0 Å². The molecule has 2 aromatic heterocycles. The molecule has 0 unspecified atom stereocenters. The first-order valence-corrected chi connectivity index (χ1v) is 10.2. The van der Waals surface area contributed by atoms with Crippen LogP contribution in [0.4, 0.5) is 0 Å². The number of carbonyl (C=O) groups is 1. The van der Waals surface area contributed by atoms with Crippen molar-refractivity contribution in [3.8, 4) is 0 Å². The molecular formula is C23H23ClN4O2. The van der Waals surface area contributed by atoms with Crippen LogP contribution >= 0.6 is 11.6 Å². The molecule has 6 nitrogen and oxygen atoms in total. The summed E-state index contributed by atoms with van der Waals surface area (Å²) in [7, 11) is 0. The number of fused-ring (bicyclic) bond motifs is 1. The fraction of sp³-hybridized carbons (Fsp3) is 0.261. The lowest BCUT2D eigenvalue weighted by molar-refractivity contribution is 0.0936. The standard InChI is InChI=1S/C23H23ClN4O2/c1-14-10-16(3)28(27-14)13-15(2)25-23(29)18-6-9-21-20(12-18)26-22(30-21)11-17-4-7-19(24)8-5-17/h4-10,12,15H,11,13H2,1-3H3,(H,25,29)/t15-/m0/s1. The van der Waals surface area contributed by atoms with Gasteiger partial charge < -0.3 is 9.73 Å². The van der Waals surface area contributed by atoms with Gasteiger partial charge in [0.25, 0.3) is 5.91 Å². The van der Waals surface area contributed by atoms with Crippen LogP contribution in [0.1, 0.15) is 40.1 Å². The van der Waals surface area contributed by atoms with Crippen LogP contribution in [0.25, 0.3) is 11.1 Å². The summed E-state index contributed by atoms with van der Waals surface area (Å²) in [5.74, 6) is 0.455. The molecule has 0 aliphatic rings. The van der Waals surface area contributed by atoms with Gasteiger partial charge in [-0.05, 0) is 62.7 Å². The van der Waals surface area contributed by atoms with E-state index in [0.717, 1.165) is 17.0 Å². The second-order valence-electron chi connectivity index (χ2n) is 7.58. The molecule has 7 heteroatoms. The number of hydrogen-bond donors (Lipinski definition) is 1. The molecule has 30 heavy (non-hydrogen) atoms. The normalized spacial score (nSPS) is 12.3. The first kappa shape index (κ1) is 20.2. The van der Waals surface area contributed by atoms with E-state index in [-0.39, 0.29) is 11.9 Å². The Hall–Kier alpha value is -3.12. The van der Waals surface area contributed by atoms with Crippen molar-refractivity contribution < 1.29 is 9.21 Å². The minimum Gasteiger partial charge on any atom is -0.440 e. The van der Waals surface area contributed by atoms with Crippen molar-refractivity contribution in [1.82, 2.24) is 20.1 Å². The van der Waals surface area contributed by atoms with E-state index in [1.165, 1.54) is 0 Å². The third-order valence-electron chi connectivity index (χ3n) is 4.89. The molecule has 0 spiro atoms. The summed E-state index contributed by atoms with van der Waals surface area (Å²) in [6.45, 7) is 6.55. The summed E-state index contributed by atoms with van der Waals surface area (Å²) < 4.78 is 7.73. The lowest BCUT2D eigenvalue weighted by atomic mass is 10.1.